The standard InChI is InChI=1S/C13H13ClO2S2/c1-10-3-2-4-11(7-10)8-18(15,16)9-12-5-6-13(14)17-12/h2-7H,8-9H2,1H3. The molecule has 0 fully saturated rings. The van der Waals surface area contributed by atoms with Gasteiger partial charge in [-0.3, -0.25) is 0 Å². The summed E-state index contributed by atoms with van der Waals surface area (Å²) in [5.41, 5.74) is 1.90. The van der Waals surface area contributed by atoms with Crippen LogP contribution in [0.1, 0.15) is 16.0 Å². The highest BCUT2D eigenvalue weighted by Gasteiger charge is 2.14. The van der Waals surface area contributed by atoms with Crippen molar-refractivity contribution in [1.82, 2.24) is 0 Å². The minimum absolute atomic E-state index is 0.0539. The molecule has 0 amide bonds. The third-order valence-electron chi connectivity index (χ3n) is 2.46. The van der Waals surface area contributed by atoms with Crippen molar-refractivity contribution in [3.8, 4) is 0 Å². The van der Waals surface area contributed by atoms with Gasteiger partial charge in [0.1, 0.15) is 0 Å². The zero-order valence-electron chi connectivity index (χ0n) is 9.89. The summed E-state index contributed by atoms with van der Waals surface area (Å²) in [5.74, 6) is 0.128. The second-order valence-corrected chi connectivity index (χ2v) is 8.09. The summed E-state index contributed by atoms with van der Waals surface area (Å²) in [7, 11) is -3.14. The van der Waals surface area contributed by atoms with Crippen LogP contribution in [0.3, 0.4) is 0 Å². The molecule has 2 nitrogen and oxygen atoms in total. The van der Waals surface area contributed by atoms with Crippen LogP contribution in [-0.2, 0) is 21.3 Å². The van der Waals surface area contributed by atoms with Crippen LogP contribution in [0.2, 0.25) is 4.34 Å². The Morgan fingerprint density at radius 1 is 1.17 bits per heavy atom. The molecule has 0 bridgehead atoms. The topological polar surface area (TPSA) is 34.1 Å². The molecule has 1 aromatic carbocycles. The van der Waals surface area contributed by atoms with Crippen molar-refractivity contribution < 1.29 is 8.42 Å². The quantitative estimate of drug-likeness (QED) is 0.860. The van der Waals surface area contributed by atoms with Crippen molar-refractivity contribution >= 4 is 32.8 Å². The van der Waals surface area contributed by atoms with Gasteiger partial charge in [0, 0.05) is 4.88 Å². The van der Waals surface area contributed by atoms with Crippen molar-refractivity contribution in [2.24, 2.45) is 0 Å². The largest absolute Gasteiger partial charge is 0.228 e. The molecule has 0 aliphatic heterocycles. The normalized spacial score (nSPS) is 11.7. The highest BCUT2D eigenvalue weighted by atomic mass is 35.5. The molecular formula is C13H13ClO2S2. The lowest BCUT2D eigenvalue weighted by atomic mass is 10.2. The lowest BCUT2D eigenvalue weighted by Crippen LogP contribution is -2.06. The molecule has 2 aromatic rings. The number of hydrogen-bond acceptors (Lipinski definition) is 3. The molecule has 1 heterocycles. The average molecular weight is 301 g/mol. The highest BCUT2D eigenvalue weighted by molar-refractivity contribution is 7.90. The molecule has 1 aromatic heterocycles. The molecule has 18 heavy (non-hydrogen) atoms. The Bertz CT molecular complexity index is 645. The molecule has 0 unspecified atom stereocenters. The van der Waals surface area contributed by atoms with E-state index < -0.39 is 9.84 Å². The Balaban J connectivity index is 2.12. The first-order chi connectivity index (χ1) is 8.44. The first kappa shape index (κ1) is 13.6. The van der Waals surface area contributed by atoms with Crippen LogP contribution in [0.4, 0.5) is 0 Å². The van der Waals surface area contributed by atoms with E-state index in [4.69, 9.17) is 11.6 Å². The van der Waals surface area contributed by atoms with Crippen LogP contribution in [-0.4, -0.2) is 8.42 Å². The molecule has 0 aliphatic rings. The first-order valence-corrected chi connectivity index (χ1v) is 8.46. The smallest absolute Gasteiger partial charge is 0.159 e. The predicted molar refractivity (Wildman–Crippen MR) is 76.8 cm³/mol. The van der Waals surface area contributed by atoms with Crippen molar-refractivity contribution in [3.05, 3.63) is 56.7 Å². The van der Waals surface area contributed by atoms with Gasteiger partial charge >= 0.3 is 0 Å². The Morgan fingerprint density at radius 2 is 1.94 bits per heavy atom. The lowest BCUT2D eigenvalue weighted by molar-refractivity contribution is 0.595. The number of hydrogen-bond donors (Lipinski definition) is 0. The fourth-order valence-electron chi connectivity index (χ4n) is 1.75. The Morgan fingerprint density at radius 3 is 2.56 bits per heavy atom. The van der Waals surface area contributed by atoms with Crippen molar-refractivity contribution in [1.29, 1.82) is 0 Å². The number of aryl methyl sites for hydroxylation is 1. The third kappa shape index (κ3) is 3.83. The monoisotopic (exact) mass is 300 g/mol. The van der Waals surface area contributed by atoms with Gasteiger partial charge < -0.3 is 0 Å². The van der Waals surface area contributed by atoms with Gasteiger partial charge in [0.05, 0.1) is 15.8 Å². The first-order valence-electron chi connectivity index (χ1n) is 5.45. The maximum atomic E-state index is 12.1. The van der Waals surface area contributed by atoms with Crippen molar-refractivity contribution in [2.75, 3.05) is 0 Å². The molecule has 0 saturated heterocycles. The summed E-state index contributed by atoms with van der Waals surface area (Å²) < 4.78 is 24.7. The lowest BCUT2D eigenvalue weighted by Gasteiger charge is -2.04. The van der Waals surface area contributed by atoms with Crippen LogP contribution in [0.15, 0.2) is 36.4 Å². The van der Waals surface area contributed by atoms with E-state index in [1.54, 1.807) is 12.1 Å². The fourth-order valence-corrected chi connectivity index (χ4v) is 4.73. The Kier molecular flexibility index (Phi) is 4.10. The SMILES string of the molecule is Cc1cccc(CS(=O)(=O)Cc2ccc(Cl)s2)c1. The summed E-state index contributed by atoms with van der Waals surface area (Å²) in [6.07, 6.45) is 0. The molecule has 2 rings (SSSR count). The van der Waals surface area contributed by atoms with E-state index in [1.165, 1.54) is 11.3 Å². The van der Waals surface area contributed by atoms with E-state index >= 15 is 0 Å². The molecular weight excluding hydrogens is 288 g/mol. The minimum Gasteiger partial charge on any atom is -0.228 e. The van der Waals surface area contributed by atoms with Gasteiger partial charge in [0.25, 0.3) is 0 Å². The second-order valence-electron chi connectivity index (χ2n) is 4.23. The summed E-state index contributed by atoms with van der Waals surface area (Å²) in [6.45, 7) is 1.95. The van der Waals surface area contributed by atoms with Crippen LogP contribution >= 0.6 is 22.9 Å². The minimum atomic E-state index is -3.14. The molecule has 0 spiro atoms. The summed E-state index contributed by atoms with van der Waals surface area (Å²) in [5, 5.41) is 0. The van der Waals surface area contributed by atoms with Gasteiger partial charge in [-0.2, -0.15) is 0 Å². The van der Waals surface area contributed by atoms with Crippen molar-refractivity contribution in [2.45, 2.75) is 18.4 Å². The average Bonchev–Trinajstić information content (AvgIpc) is 2.62. The van der Waals surface area contributed by atoms with Crippen LogP contribution in [0.5, 0.6) is 0 Å². The molecule has 0 N–H and O–H groups in total. The number of thiophene rings is 1. The van der Waals surface area contributed by atoms with E-state index in [2.05, 4.69) is 0 Å². The molecule has 0 radical (unpaired) electrons. The zero-order chi connectivity index (χ0) is 13.2. The zero-order valence-corrected chi connectivity index (χ0v) is 12.3. The number of sulfone groups is 1. The van der Waals surface area contributed by atoms with E-state index in [0.29, 0.717) is 4.34 Å². The second kappa shape index (κ2) is 5.43. The molecule has 0 atom stereocenters. The summed E-state index contributed by atoms with van der Waals surface area (Å²) >= 11 is 7.11. The maximum Gasteiger partial charge on any atom is 0.159 e. The number of benzene rings is 1. The van der Waals surface area contributed by atoms with Gasteiger partial charge in [0.15, 0.2) is 9.84 Å². The van der Waals surface area contributed by atoms with Crippen LogP contribution in [0, 0.1) is 6.92 Å². The van der Waals surface area contributed by atoms with Gasteiger partial charge in [0.2, 0.25) is 0 Å². The molecule has 0 saturated carbocycles. The number of rotatable bonds is 4. The van der Waals surface area contributed by atoms with Gasteiger partial charge in [-0.1, -0.05) is 41.4 Å². The van der Waals surface area contributed by atoms with E-state index in [9.17, 15) is 8.42 Å². The highest BCUT2D eigenvalue weighted by Crippen LogP contribution is 2.24. The molecule has 96 valence electrons. The summed E-state index contributed by atoms with van der Waals surface area (Å²) in [4.78, 5) is 0.785. The Labute approximate surface area is 116 Å². The fraction of sp³-hybridized carbons (Fsp3) is 0.231. The van der Waals surface area contributed by atoms with Gasteiger partial charge in [-0.05, 0) is 24.6 Å². The molecule has 0 aliphatic carbocycles. The maximum absolute atomic E-state index is 12.1. The van der Waals surface area contributed by atoms with E-state index in [-0.39, 0.29) is 11.5 Å². The Hall–Kier alpha value is -0.840. The molecule has 5 heteroatoms. The van der Waals surface area contributed by atoms with Crippen LogP contribution < -0.4 is 0 Å². The number of halogens is 1. The van der Waals surface area contributed by atoms with Gasteiger partial charge in [-0.25, -0.2) is 8.42 Å². The van der Waals surface area contributed by atoms with E-state index in [1.807, 2.05) is 31.2 Å². The van der Waals surface area contributed by atoms with Gasteiger partial charge in [-0.15, -0.1) is 11.3 Å². The third-order valence-corrected chi connectivity index (χ3v) is 5.40. The van der Waals surface area contributed by atoms with Crippen molar-refractivity contribution in [3.63, 3.8) is 0 Å². The predicted octanol–water partition coefficient (Wildman–Crippen LogP) is 3.82. The summed E-state index contributed by atoms with van der Waals surface area (Å²) in [6, 6.07) is 11.1. The van der Waals surface area contributed by atoms with Crippen LogP contribution in [0.25, 0.3) is 0 Å². The van der Waals surface area contributed by atoms with E-state index in [0.717, 1.165) is 16.0 Å².